The van der Waals surface area contributed by atoms with Crippen molar-refractivity contribution in [2.75, 3.05) is 19.7 Å². The molecule has 1 aliphatic heterocycles. The fourth-order valence-corrected chi connectivity index (χ4v) is 3.98. The largest absolute Gasteiger partial charge is 0.492 e. The molecule has 1 fully saturated rings. The number of halogens is 2. The molecule has 3 nitrogen and oxygen atoms in total. The van der Waals surface area contributed by atoms with Crippen LogP contribution in [0, 0.1) is 5.92 Å². The molecule has 1 aliphatic rings. The monoisotopic (exact) mass is 390 g/mol. The van der Waals surface area contributed by atoms with E-state index < -0.39 is 0 Å². The summed E-state index contributed by atoms with van der Waals surface area (Å²) in [6.07, 6.45) is 0. The van der Waals surface area contributed by atoms with Crippen LogP contribution in [-0.4, -0.2) is 30.6 Å². The van der Waals surface area contributed by atoms with Crippen LogP contribution in [0.3, 0.4) is 0 Å². The molecule has 19 heavy (non-hydrogen) atoms. The van der Waals surface area contributed by atoms with E-state index in [4.69, 9.17) is 10.5 Å². The zero-order valence-electron chi connectivity index (χ0n) is 11.3. The summed E-state index contributed by atoms with van der Waals surface area (Å²) in [6.45, 7) is 7.85. The van der Waals surface area contributed by atoms with Crippen molar-refractivity contribution in [2.45, 2.75) is 26.4 Å². The van der Waals surface area contributed by atoms with Crippen LogP contribution in [0.4, 0.5) is 0 Å². The molecule has 0 radical (unpaired) electrons. The first-order valence-electron chi connectivity index (χ1n) is 6.60. The number of likely N-dealkylation sites (tertiary alicyclic amines) is 1. The van der Waals surface area contributed by atoms with Gasteiger partial charge in [-0.25, -0.2) is 0 Å². The van der Waals surface area contributed by atoms with Crippen LogP contribution in [0.2, 0.25) is 0 Å². The van der Waals surface area contributed by atoms with Gasteiger partial charge >= 0.3 is 0 Å². The van der Waals surface area contributed by atoms with Crippen molar-refractivity contribution in [2.24, 2.45) is 11.7 Å². The van der Waals surface area contributed by atoms with E-state index >= 15 is 0 Å². The highest BCUT2D eigenvalue weighted by atomic mass is 79.9. The highest BCUT2D eigenvalue weighted by Gasteiger charge is 2.26. The number of ether oxygens (including phenoxy) is 1. The molecule has 5 heteroatoms. The van der Waals surface area contributed by atoms with Crippen molar-refractivity contribution < 1.29 is 4.74 Å². The predicted molar refractivity (Wildman–Crippen MR) is 85.4 cm³/mol. The van der Waals surface area contributed by atoms with Crippen LogP contribution in [0.1, 0.15) is 19.4 Å². The van der Waals surface area contributed by atoms with Gasteiger partial charge in [-0.3, -0.25) is 4.90 Å². The third kappa shape index (κ3) is 3.72. The van der Waals surface area contributed by atoms with Crippen LogP contribution in [-0.2, 0) is 6.54 Å². The summed E-state index contributed by atoms with van der Waals surface area (Å²) in [5, 5.41) is 0. The molecule has 1 saturated heterocycles. The highest BCUT2D eigenvalue weighted by Crippen LogP contribution is 2.35. The average molecular weight is 392 g/mol. The van der Waals surface area contributed by atoms with E-state index in [2.05, 4.69) is 55.8 Å². The first-order valence-corrected chi connectivity index (χ1v) is 8.18. The fourth-order valence-electron chi connectivity index (χ4n) is 2.47. The van der Waals surface area contributed by atoms with Gasteiger partial charge in [0.1, 0.15) is 5.75 Å². The van der Waals surface area contributed by atoms with Gasteiger partial charge in [-0.15, -0.1) is 0 Å². The molecular weight excluding hydrogens is 372 g/mol. The SMILES string of the molecule is CCOc1c(Br)cc(CN2CC(C)C(N)C2)cc1Br. The Balaban J connectivity index is 2.10. The maximum absolute atomic E-state index is 6.07. The van der Waals surface area contributed by atoms with E-state index in [9.17, 15) is 0 Å². The Morgan fingerprint density at radius 1 is 1.32 bits per heavy atom. The van der Waals surface area contributed by atoms with Crippen molar-refractivity contribution in [1.29, 1.82) is 0 Å². The second kappa shape index (κ2) is 6.57. The number of nitrogens with zero attached hydrogens (tertiary/aromatic N) is 1. The molecule has 0 saturated carbocycles. The van der Waals surface area contributed by atoms with Gasteiger partial charge in [-0.1, -0.05) is 6.92 Å². The smallest absolute Gasteiger partial charge is 0.147 e. The highest BCUT2D eigenvalue weighted by molar-refractivity contribution is 9.11. The fraction of sp³-hybridized carbons (Fsp3) is 0.571. The molecule has 2 rings (SSSR count). The lowest BCUT2D eigenvalue weighted by Gasteiger charge is -2.17. The van der Waals surface area contributed by atoms with Crippen LogP contribution >= 0.6 is 31.9 Å². The van der Waals surface area contributed by atoms with Gasteiger partial charge < -0.3 is 10.5 Å². The Bertz CT molecular complexity index is 420. The average Bonchev–Trinajstić information content (AvgIpc) is 2.63. The predicted octanol–water partition coefficient (Wildman–Crippen LogP) is 3.39. The summed E-state index contributed by atoms with van der Waals surface area (Å²) >= 11 is 7.15. The first kappa shape index (κ1) is 15.3. The Hall–Kier alpha value is -0.100. The number of rotatable bonds is 4. The Kier molecular flexibility index (Phi) is 5.29. The number of hydrogen-bond donors (Lipinski definition) is 1. The lowest BCUT2D eigenvalue weighted by molar-refractivity contribution is 0.317. The number of hydrogen-bond acceptors (Lipinski definition) is 3. The van der Waals surface area contributed by atoms with Gasteiger partial charge in [0.05, 0.1) is 15.6 Å². The van der Waals surface area contributed by atoms with Crippen molar-refractivity contribution in [3.63, 3.8) is 0 Å². The van der Waals surface area contributed by atoms with Crippen molar-refractivity contribution in [3.8, 4) is 5.75 Å². The van der Waals surface area contributed by atoms with Crippen molar-refractivity contribution in [3.05, 3.63) is 26.6 Å². The molecule has 1 aromatic rings. The Morgan fingerprint density at radius 2 is 1.95 bits per heavy atom. The van der Waals surface area contributed by atoms with Gasteiger partial charge in [0.25, 0.3) is 0 Å². The Morgan fingerprint density at radius 3 is 2.42 bits per heavy atom. The third-order valence-corrected chi connectivity index (χ3v) is 4.68. The van der Waals surface area contributed by atoms with Crippen molar-refractivity contribution >= 4 is 31.9 Å². The summed E-state index contributed by atoms with van der Waals surface area (Å²) < 4.78 is 7.59. The third-order valence-electron chi connectivity index (χ3n) is 3.50. The lowest BCUT2D eigenvalue weighted by atomic mass is 10.1. The van der Waals surface area contributed by atoms with Crippen LogP contribution in [0.5, 0.6) is 5.75 Å². The molecule has 0 spiro atoms. The molecule has 2 unspecified atom stereocenters. The first-order chi connectivity index (χ1) is 9.01. The zero-order valence-corrected chi connectivity index (χ0v) is 14.5. The maximum Gasteiger partial charge on any atom is 0.147 e. The van der Waals surface area contributed by atoms with Gasteiger partial charge in [0.2, 0.25) is 0 Å². The van der Waals surface area contributed by atoms with E-state index in [1.807, 2.05) is 6.92 Å². The summed E-state index contributed by atoms with van der Waals surface area (Å²) in [5.74, 6) is 1.45. The molecule has 0 bridgehead atoms. The van der Waals surface area contributed by atoms with Gasteiger partial charge in [-0.2, -0.15) is 0 Å². The summed E-state index contributed by atoms with van der Waals surface area (Å²) in [5.41, 5.74) is 7.33. The minimum atomic E-state index is 0.301. The van der Waals surface area contributed by atoms with E-state index in [1.165, 1.54) is 5.56 Å². The van der Waals surface area contributed by atoms with Gasteiger partial charge in [0.15, 0.2) is 0 Å². The van der Waals surface area contributed by atoms with Gasteiger partial charge in [-0.05, 0) is 62.4 Å². The van der Waals surface area contributed by atoms with Crippen LogP contribution in [0.25, 0.3) is 0 Å². The van der Waals surface area contributed by atoms with Crippen LogP contribution < -0.4 is 10.5 Å². The molecule has 2 atom stereocenters. The molecule has 106 valence electrons. The number of benzene rings is 1. The lowest BCUT2D eigenvalue weighted by Crippen LogP contribution is -2.28. The molecule has 1 aromatic carbocycles. The molecule has 0 aromatic heterocycles. The molecule has 1 heterocycles. The number of nitrogens with two attached hydrogens (primary N) is 1. The normalized spacial score (nSPS) is 23.8. The Labute approximate surface area is 131 Å². The quantitative estimate of drug-likeness (QED) is 0.854. The van der Waals surface area contributed by atoms with E-state index in [0.29, 0.717) is 18.6 Å². The van der Waals surface area contributed by atoms with E-state index in [0.717, 1.165) is 34.3 Å². The topological polar surface area (TPSA) is 38.5 Å². The second-order valence-electron chi connectivity index (χ2n) is 5.16. The minimum absolute atomic E-state index is 0.301. The summed E-state index contributed by atoms with van der Waals surface area (Å²) in [7, 11) is 0. The van der Waals surface area contributed by atoms with Crippen LogP contribution in [0.15, 0.2) is 21.1 Å². The molecule has 0 amide bonds. The minimum Gasteiger partial charge on any atom is -0.492 e. The van der Waals surface area contributed by atoms with Gasteiger partial charge in [0, 0.05) is 25.7 Å². The maximum atomic E-state index is 6.07. The summed E-state index contributed by atoms with van der Waals surface area (Å²) in [4.78, 5) is 2.41. The summed E-state index contributed by atoms with van der Waals surface area (Å²) in [6, 6.07) is 4.56. The zero-order chi connectivity index (χ0) is 14.0. The molecular formula is C14H20Br2N2O. The van der Waals surface area contributed by atoms with Crippen molar-refractivity contribution in [1.82, 2.24) is 4.90 Å². The standard InChI is InChI=1S/C14H20Br2N2O/c1-3-19-14-11(15)4-10(5-12(14)16)7-18-6-9(2)13(17)8-18/h4-5,9,13H,3,6-8,17H2,1-2H3. The molecule has 0 aliphatic carbocycles. The van der Waals surface area contributed by atoms with E-state index in [-0.39, 0.29) is 0 Å². The second-order valence-corrected chi connectivity index (χ2v) is 6.87. The van der Waals surface area contributed by atoms with E-state index in [1.54, 1.807) is 0 Å². The molecule has 2 N–H and O–H groups in total.